The number of ether oxygens (including phenoxy) is 1. The largest absolute Gasteiger partial charge is 0.482 e. The van der Waals surface area contributed by atoms with Gasteiger partial charge < -0.3 is 10.1 Å². The Morgan fingerprint density at radius 2 is 1.81 bits per heavy atom. The lowest BCUT2D eigenvalue weighted by Gasteiger charge is -2.19. The van der Waals surface area contributed by atoms with E-state index in [1.807, 2.05) is 0 Å². The van der Waals surface area contributed by atoms with Crippen LogP contribution in [-0.2, 0) is 14.8 Å². The molecule has 1 amide bonds. The standard InChI is InChI=1S/C18H20Cl2N2O4S/c1-3-22(4-2)27(24,25)15-8-9-17(16(20)11-15)26-12-18(23)21-14-7-5-6-13(19)10-14/h5-11H,3-4,12H2,1-2H3,(H,21,23). The van der Waals surface area contributed by atoms with Crippen LogP contribution in [0.1, 0.15) is 13.8 Å². The molecule has 0 bridgehead atoms. The lowest BCUT2D eigenvalue weighted by molar-refractivity contribution is -0.118. The highest BCUT2D eigenvalue weighted by molar-refractivity contribution is 7.89. The first kappa shape index (κ1) is 21.5. The summed E-state index contributed by atoms with van der Waals surface area (Å²) in [7, 11) is -3.61. The molecule has 0 spiro atoms. The van der Waals surface area contributed by atoms with Crippen LogP contribution < -0.4 is 10.1 Å². The monoisotopic (exact) mass is 430 g/mol. The van der Waals surface area contributed by atoms with Crippen LogP contribution in [-0.4, -0.2) is 38.3 Å². The first-order valence-electron chi connectivity index (χ1n) is 8.25. The fourth-order valence-corrected chi connectivity index (χ4v) is 4.35. The van der Waals surface area contributed by atoms with E-state index in [9.17, 15) is 13.2 Å². The van der Waals surface area contributed by atoms with Crippen LogP contribution in [0.2, 0.25) is 10.0 Å². The zero-order chi connectivity index (χ0) is 20.0. The van der Waals surface area contributed by atoms with E-state index in [1.165, 1.54) is 22.5 Å². The fraction of sp³-hybridized carbons (Fsp3) is 0.278. The third-order valence-electron chi connectivity index (χ3n) is 3.71. The molecule has 0 fully saturated rings. The quantitative estimate of drug-likeness (QED) is 0.685. The van der Waals surface area contributed by atoms with Gasteiger partial charge in [-0.3, -0.25) is 4.79 Å². The normalized spacial score (nSPS) is 11.4. The van der Waals surface area contributed by atoms with Crippen molar-refractivity contribution in [2.45, 2.75) is 18.7 Å². The summed E-state index contributed by atoms with van der Waals surface area (Å²) in [5.74, 6) is -0.176. The molecular formula is C18H20Cl2N2O4S. The van der Waals surface area contributed by atoms with Gasteiger partial charge in [0.05, 0.1) is 9.92 Å². The average Bonchev–Trinajstić information content (AvgIpc) is 2.61. The van der Waals surface area contributed by atoms with E-state index in [0.29, 0.717) is 23.8 Å². The molecule has 2 aromatic rings. The smallest absolute Gasteiger partial charge is 0.262 e. The predicted octanol–water partition coefficient (Wildman–Crippen LogP) is 4.04. The van der Waals surface area contributed by atoms with Crippen molar-refractivity contribution >= 4 is 44.8 Å². The van der Waals surface area contributed by atoms with Gasteiger partial charge in [-0.1, -0.05) is 43.1 Å². The molecule has 146 valence electrons. The van der Waals surface area contributed by atoms with E-state index in [4.69, 9.17) is 27.9 Å². The van der Waals surface area contributed by atoms with Crippen LogP contribution in [0.3, 0.4) is 0 Å². The number of benzene rings is 2. The Bertz CT molecular complexity index is 915. The van der Waals surface area contributed by atoms with Gasteiger partial charge in [0.15, 0.2) is 6.61 Å². The number of nitrogens with one attached hydrogen (secondary N) is 1. The molecule has 1 N–H and O–H groups in total. The number of hydrogen-bond donors (Lipinski definition) is 1. The van der Waals surface area contributed by atoms with E-state index >= 15 is 0 Å². The van der Waals surface area contributed by atoms with Crippen LogP contribution in [0.4, 0.5) is 5.69 Å². The topological polar surface area (TPSA) is 75.7 Å². The van der Waals surface area contributed by atoms with Gasteiger partial charge >= 0.3 is 0 Å². The molecule has 0 aliphatic carbocycles. The summed E-state index contributed by atoms with van der Waals surface area (Å²) in [6.07, 6.45) is 0. The third kappa shape index (κ3) is 5.59. The van der Waals surface area contributed by atoms with Gasteiger partial charge in [-0.25, -0.2) is 8.42 Å². The average molecular weight is 431 g/mol. The molecule has 0 aliphatic heterocycles. The third-order valence-corrected chi connectivity index (χ3v) is 6.29. The van der Waals surface area contributed by atoms with E-state index in [2.05, 4.69) is 5.32 Å². The maximum Gasteiger partial charge on any atom is 0.262 e. The number of carbonyl (C=O) groups excluding carboxylic acids is 1. The summed E-state index contributed by atoms with van der Waals surface area (Å²) in [6, 6.07) is 10.9. The number of nitrogens with zero attached hydrogens (tertiary/aromatic N) is 1. The van der Waals surface area contributed by atoms with Crippen molar-refractivity contribution in [3.05, 3.63) is 52.5 Å². The Labute approximate surface area is 169 Å². The van der Waals surface area contributed by atoms with E-state index < -0.39 is 15.9 Å². The predicted molar refractivity (Wildman–Crippen MR) is 107 cm³/mol. The zero-order valence-electron chi connectivity index (χ0n) is 14.9. The minimum Gasteiger partial charge on any atom is -0.482 e. The van der Waals surface area contributed by atoms with Crippen LogP contribution in [0.5, 0.6) is 5.75 Å². The molecule has 0 saturated carbocycles. The van der Waals surface area contributed by atoms with Gasteiger partial charge in [0.1, 0.15) is 5.75 Å². The first-order valence-corrected chi connectivity index (χ1v) is 10.5. The van der Waals surface area contributed by atoms with Crippen LogP contribution in [0.25, 0.3) is 0 Å². The summed E-state index contributed by atoms with van der Waals surface area (Å²) in [5.41, 5.74) is 0.544. The van der Waals surface area contributed by atoms with E-state index in [1.54, 1.807) is 38.1 Å². The van der Waals surface area contributed by atoms with Gasteiger partial charge in [0, 0.05) is 23.8 Å². The zero-order valence-corrected chi connectivity index (χ0v) is 17.2. The van der Waals surface area contributed by atoms with Crippen molar-refractivity contribution in [2.24, 2.45) is 0 Å². The molecule has 27 heavy (non-hydrogen) atoms. The number of sulfonamides is 1. The number of amides is 1. The lowest BCUT2D eigenvalue weighted by atomic mass is 10.3. The maximum atomic E-state index is 12.5. The Morgan fingerprint density at radius 1 is 1.11 bits per heavy atom. The summed E-state index contributed by atoms with van der Waals surface area (Å²) in [5, 5.41) is 3.26. The van der Waals surface area contributed by atoms with Crippen molar-refractivity contribution in [1.29, 1.82) is 0 Å². The molecule has 6 nitrogen and oxygen atoms in total. The molecule has 2 aromatic carbocycles. The second-order valence-corrected chi connectivity index (χ2v) is 8.31. The Morgan fingerprint density at radius 3 is 2.41 bits per heavy atom. The maximum absolute atomic E-state index is 12.5. The number of halogens is 2. The summed E-state index contributed by atoms with van der Waals surface area (Å²) in [4.78, 5) is 12.1. The second-order valence-electron chi connectivity index (χ2n) is 5.53. The Hall–Kier alpha value is -1.80. The number of anilines is 1. The molecule has 0 aliphatic rings. The highest BCUT2D eigenvalue weighted by Crippen LogP contribution is 2.28. The van der Waals surface area contributed by atoms with Crippen LogP contribution in [0.15, 0.2) is 47.4 Å². The molecule has 0 atom stereocenters. The second kappa shape index (κ2) is 9.41. The summed E-state index contributed by atoms with van der Waals surface area (Å²) in [6.45, 7) is 3.96. The fourth-order valence-electron chi connectivity index (χ4n) is 2.38. The number of carbonyl (C=O) groups is 1. The first-order chi connectivity index (χ1) is 12.8. The van der Waals surface area contributed by atoms with Crippen molar-refractivity contribution < 1.29 is 17.9 Å². The van der Waals surface area contributed by atoms with E-state index in [-0.39, 0.29) is 22.3 Å². The van der Waals surface area contributed by atoms with Gasteiger partial charge in [-0.15, -0.1) is 0 Å². The molecule has 0 radical (unpaired) electrons. The SMILES string of the molecule is CCN(CC)S(=O)(=O)c1ccc(OCC(=O)Nc2cccc(Cl)c2)c(Cl)c1. The lowest BCUT2D eigenvalue weighted by Crippen LogP contribution is -2.30. The highest BCUT2D eigenvalue weighted by atomic mass is 35.5. The molecule has 0 aromatic heterocycles. The van der Waals surface area contributed by atoms with Crippen LogP contribution in [0, 0.1) is 0 Å². The van der Waals surface area contributed by atoms with Gasteiger partial charge in [-0.05, 0) is 36.4 Å². The molecule has 0 unspecified atom stereocenters. The highest BCUT2D eigenvalue weighted by Gasteiger charge is 2.22. The number of hydrogen-bond acceptors (Lipinski definition) is 4. The Balaban J connectivity index is 2.05. The summed E-state index contributed by atoms with van der Waals surface area (Å²) < 4.78 is 31.7. The van der Waals surface area contributed by atoms with Crippen molar-refractivity contribution in [1.82, 2.24) is 4.31 Å². The summed E-state index contributed by atoms with van der Waals surface area (Å²) >= 11 is 12.0. The van der Waals surface area contributed by atoms with Crippen molar-refractivity contribution in [3.63, 3.8) is 0 Å². The molecule has 2 rings (SSSR count). The van der Waals surface area contributed by atoms with Gasteiger partial charge in [-0.2, -0.15) is 4.31 Å². The van der Waals surface area contributed by atoms with Crippen molar-refractivity contribution in [2.75, 3.05) is 25.0 Å². The molecule has 9 heteroatoms. The molecule has 0 saturated heterocycles. The van der Waals surface area contributed by atoms with Crippen molar-refractivity contribution in [3.8, 4) is 5.75 Å². The minimum atomic E-state index is -3.61. The minimum absolute atomic E-state index is 0.0759. The van der Waals surface area contributed by atoms with E-state index in [0.717, 1.165) is 0 Å². The van der Waals surface area contributed by atoms with Gasteiger partial charge in [0.25, 0.3) is 5.91 Å². The molecule has 0 heterocycles. The van der Waals surface area contributed by atoms with Crippen LogP contribution >= 0.6 is 23.2 Å². The van der Waals surface area contributed by atoms with Gasteiger partial charge in [0.2, 0.25) is 10.0 Å². The Kier molecular flexibility index (Phi) is 7.49. The molecular weight excluding hydrogens is 411 g/mol. The number of rotatable bonds is 8.